The van der Waals surface area contributed by atoms with Gasteiger partial charge in [-0.3, -0.25) is 20.8 Å². The molecular weight excluding hydrogens is 381 g/mol. The first-order valence-electron chi connectivity index (χ1n) is 8.71. The van der Waals surface area contributed by atoms with Gasteiger partial charge in [0.15, 0.2) is 0 Å². The lowest BCUT2D eigenvalue weighted by Crippen LogP contribution is -2.31. The summed E-state index contributed by atoms with van der Waals surface area (Å²) in [6.45, 7) is 20.9. The molecule has 0 saturated heterocycles. The topological polar surface area (TPSA) is 75.7 Å². The molecule has 1 unspecified atom stereocenters. The van der Waals surface area contributed by atoms with Crippen molar-refractivity contribution in [1.29, 1.82) is 10.8 Å². The monoisotopic (exact) mass is 413 g/mol. The molecule has 152 valence electrons. The maximum absolute atomic E-state index is 7.67. The van der Waals surface area contributed by atoms with Crippen molar-refractivity contribution in [3.05, 3.63) is 49.6 Å². The van der Waals surface area contributed by atoms with Crippen LogP contribution in [-0.4, -0.2) is 46.5 Å². The summed E-state index contributed by atoms with van der Waals surface area (Å²) in [5, 5.41) is 15.2. The third-order valence-electron chi connectivity index (χ3n) is 2.65. The van der Waals surface area contributed by atoms with Crippen LogP contribution in [0.2, 0.25) is 0 Å². The molecule has 0 rings (SSSR count). The van der Waals surface area contributed by atoms with Gasteiger partial charge in [0, 0.05) is 5.57 Å². The molecule has 0 spiro atoms. The summed E-state index contributed by atoms with van der Waals surface area (Å²) in [5.74, 6) is 0.0389. The molecule has 7 heteroatoms. The Bertz CT molecular complexity index is 563. The van der Waals surface area contributed by atoms with Crippen molar-refractivity contribution in [2.75, 3.05) is 12.5 Å². The van der Waals surface area contributed by atoms with Gasteiger partial charge in [-0.1, -0.05) is 76.8 Å². The van der Waals surface area contributed by atoms with Crippen LogP contribution in [-0.2, 0) is 0 Å². The number of aliphatic imine (C=N–C) groups is 2. The summed E-state index contributed by atoms with van der Waals surface area (Å²) in [6, 6.07) is -0.178. The highest BCUT2D eigenvalue weighted by molar-refractivity contribution is 6.86. The van der Waals surface area contributed by atoms with Crippen LogP contribution in [0.4, 0.5) is 0 Å². The Labute approximate surface area is 174 Å². The van der Waals surface area contributed by atoms with E-state index in [0.717, 1.165) is 6.34 Å². The molecule has 0 aliphatic rings. The smallest absolute Gasteiger partial charge is 0.150 e. The molecule has 0 aliphatic heterocycles. The fourth-order valence-corrected chi connectivity index (χ4v) is 1.84. The molecule has 2 N–H and O–H groups in total. The van der Waals surface area contributed by atoms with Gasteiger partial charge >= 0.3 is 0 Å². The van der Waals surface area contributed by atoms with Gasteiger partial charge < -0.3 is 4.90 Å². The van der Waals surface area contributed by atoms with E-state index in [-0.39, 0.29) is 29.6 Å². The fraction of sp³-hybridized carbons (Fsp3) is 0.400. The van der Waals surface area contributed by atoms with E-state index >= 15 is 0 Å². The Morgan fingerprint density at radius 3 is 2.11 bits per heavy atom. The standard InChI is InChI=1S/C16H21Cl2N5.2C2H6/c1-5-8-13(7-3)15(16(18)22-12(4)6-2)21-11-23(10-19)14(20)9-17;2*1-2/h5-8,10,12,19-20H,1-3,9,11H2,4H3;2*1-2H3/b13-8+,19-10?,20-14?,21-15-,22-16?;;. The summed E-state index contributed by atoms with van der Waals surface area (Å²) in [6.07, 6.45) is 7.50. The van der Waals surface area contributed by atoms with E-state index in [9.17, 15) is 0 Å². The van der Waals surface area contributed by atoms with E-state index in [1.807, 2.05) is 34.6 Å². The predicted molar refractivity (Wildman–Crippen MR) is 125 cm³/mol. The molecule has 5 nitrogen and oxygen atoms in total. The van der Waals surface area contributed by atoms with E-state index < -0.39 is 0 Å². The zero-order chi connectivity index (χ0) is 21.8. The minimum Gasteiger partial charge on any atom is -0.300 e. The largest absolute Gasteiger partial charge is 0.300 e. The van der Waals surface area contributed by atoms with E-state index in [4.69, 9.17) is 34.0 Å². The lowest BCUT2D eigenvalue weighted by molar-refractivity contribution is 0.634. The molecule has 0 aromatic carbocycles. The number of halogens is 2. The zero-order valence-electron chi connectivity index (χ0n) is 17.1. The highest BCUT2D eigenvalue weighted by Gasteiger charge is 2.12. The van der Waals surface area contributed by atoms with E-state index in [2.05, 4.69) is 29.7 Å². The third kappa shape index (κ3) is 12.9. The van der Waals surface area contributed by atoms with Gasteiger partial charge in [-0.05, 0) is 6.92 Å². The number of rotatable bonds is 10. The van der Waals surface area contributed by atoms with Crippen LogP contribution in [0.5, 0.6) is 0 Å². The minimum atomic E-state index is -0.178. The second kappa shape index (κ2) is 20.3. The van der Waals surface area contributed by atoms with E-state index in [0.29, 0.717) is 11.3 Å². The molecule has 0 heterocycles. The number of allylic oxidation sites excluding steroid dienone is 4. The number of hydrogen-bond donors (Lipinski definition) is 2. The molecule has 0 aromatic rings. The molecule has 0 fully saturated rings. The average Bonchev–Trinajstić information content (AvgIpc) is 2.72. The van der Waals surface area contributed by atoms with Crippen molar-refractivity contribution in [2.24, 2.45) is 9.98 Å². The Hall–Kier alpha value is -1.98. The van der Waals surface area contributed by atoms with Gasteiger partial charge in [0.05, 0.1) is 18.3 Å². The summed E-state index contributed by atoms with van der Waals surface area (Å²) in [4.78, 5) is 9.90. The Morgan fingerprint density at radius 1 is 1.19 bits per heavy atom. The van der Waals surface area contributed by atoms with Gasteiger partial charge in [0.25, 0.3) is 0 Å². The summed E-state index contributed by atoms with van der Waals surface area (Å²) in [5.41, 5.74) is 1.02. The van der Waals surface area contributed by atoms with Gasteiger partial charge in [-0.2, -0.15) is 0 Å². The van der Waals surface area contributed by atoms with Crippen molar-refractivity contribution in [1.82, 2.24) is 4.90 Å². The number of nitrogens with one attached hydrogen (secondary N) is 2. The van der Waals surface area contributed by atoms with Crippen LogP contribution in [0, 0.1) is 10.8 Å². The summed E-state index contributed by atoms with van der Waals surface area (Å²) in [7, 11) is 0. The highest BCUT2D eigenvalue weighted by Crippen LogP contribution is 2.09. The summed E-state index contributed by atoms with van der Waals surface area (Å²) >= 11 is 11.9. The molecule has 0 saturated carbocycles. The summed E-state index contributed by atoms with van der Waals surface area (Å²) < 4.78 is 0. The Morgan fingerprint density at radius 2 is 1.74 bits per heavy atom. The van der Waals surface area contributed by atoms with Crippen LogP contribution in [0.25, 0.3) is 0 Å². The first-order chi connectivity index (χ1) is 12.9. The van der Waals surface area contributed by atoms with Crippen molar-refractivity contribution in [2.45, 2.75) is 40.7 Å². The van der Waals surface area contributed by atoms with Crippen molar-refractivity contribution in [3.8, 4) is 0 Å². The molecular formula is C20H33Cl2N5. The van der Waals surface area contributed by atoms with Gasteiger partial charge in [-0.25, -0.2) is 0 Å². The molecule has 27 heavy (non-hydrogen) atoms. The number of alkyl halides is 1. The van der Waals surface area contributed by atoms with Crippen LogP contribution >= 0.6 is 23.2 Å². The molecule has 1 atom stereocenters. The van der Waals surface area contributed by atoms with E-state index in [1.54, 1.807) is 24.3 Å². The average molecular weight is 414 g/mol. The molecule has 0 amide bonds. The highest BCUT2D eigenvalue weighted by atomic mass is 35.5. The van der Waals surface area contributed by atoms with Gasteiger partial charge in [0.1, 0.15) is 23.4 Å². The second-order valence-electron chi connectivity index (χ2n) is 4.29. The first-order valence-corrected chi connectivity index (χ1v) is 9.63. The van der Waals surface area contributed by atoms with Gasteiger partial charge in [-0.15, -0.1) is 18.2 Å². The second-order valence-corrected chi connectivity index (χ2v) is 4.91. The number of nitrogens with zero attached hydrogens (tertiary/aromatic N) is 3. The third-order valence-corrected chi connectivity index (χ3v) is 3.18. The maximum atomic E-state index is 7.67. The van der Waals surface area contributed by atoms with Crippen molar-refractivity contribution >= 4 is 46.3 Å². The van der Waals surface area contributed by atoms with Crippen LogP contribution in [0.3, 0.4) is 0 Å². The zero-order valence-corrected chi connectivity index (χ0v) is 18.6. The fourth-order valence-electron chi connectivity index (χ4n) is 1.37. The lowest BCUT2D eigenvalue weighted by atomic mass is 10.1. The Balaban J connectivity index is -0.00000134. The molecule has 0 aliphatic carbocycles. The molecule has 0 radical (unpaired) electrons. The normalized spacial score (nSPS) is 12.3. The molecule has 0 aromatic heterocycles. The maximum Gasteiger partial charge on any atom is 0.150 e. The lowest BCUT2D eigenvalue weighted by Gasteiger charge is -2.16. The molecule has 0 bridgehead atoms. The quantitative estimate of drug-likeness (QED) is 0.147. The van der Waals surface area contributed by atoms with Crippen LogP contribution < -0.4 is 0 Å². The van der Waals surface area contributed by atoms with Crippen LogP contribution in [0.15, 0.2) is 59.6 Å². The SMILES string of the molecule is C=C/C=C(C=C)/C(=N/CN(C=N)C(=N)CCl)C(Cl)=NC(C)C=C.CC.CC. The number of amidine groups is 1. The first kappa shape index (κ1) is 29.8. The van der Waals surface area contributed by atoms with Crippen molar-refractivity contribution < 1.29 is 0 Å². The minimum absolute atomic E-state index is 0.0148. The van der Waals surface area contributed by atoms with E-state index in [1.165, 1.54) is 4.90 Å². The Kier molecular flexibility index (Phi) is 22.4. The van der Waals surface area contributed by atoms with Gasteiger partial charge in [0.2, 0.25) is 0 Å². The van der Waals surface area contributed by atoms with Crippen molar-refractivity contribution in [3.63, 3.8) is 0 Å². The van der Waals surface area contributed by atoms with Crippen LogP contribution in [0.1, 0.15) is 34.6 Å². The predicted octanol–water partition coefficient (Wildman–Crippen LogP) is 6.07. The number of hydrogen-bond acceptors (Lipinski definition) is 4.